The van der Waals surface area contributed by atoms with Crippen molar-refractivity contribution in [1.29, 1.82) is 0 Å². The summed E-state index contributed by atoms with van der Waals surface area (Å²) in [4.78, 5) is 2.51. The Morgan fingerprint density at radius 2 is 1.25 bits per heavy atom. The third-order valence-corrected chi connectivity index (χ3v) is 8.96. The second-order valence-corrected chi connectivity index (χ2v) is 10.9. The van der Waals surface area contributed by atoms with E-state index >= 15 is 0 Å². The van der Waals surface area contributed by atoms with Crippen molar-refractivity contribution in [1.82, 2.24) is 4.57 Å². The van der Waals surface area contributed by atoms with Crippen LogP contribution in [0, 0.1) is 0 Å². The van der Waals surface area contributed by atoms with Crippen molar-refractivity contribution in [3.63, 3.8) is 0 Å². The van der Waals surface area contributed by atoms with Gasteiger partial charge in [0, 0.05) is 27.2 Å². The zero-order valence-electron chi connectivity index (χ0n) is 21.5. The van der Waals surface area contributed by atoms with Gasteiger partial charge in [0.25, 0.3) is 0 Å². The van der Waals surface area contributed by atoms with E-state index < -0.39 is 0 Å². The molecule has 10 rings (SSSR count). The van der Waals surface area contributed by atoms with Crippen molar-refractivity contribution in [3.8, 4) is 5.69 Å². The molecule has 184 valence electrons. The van der Waals surface area contributed by atoms with Gasteiger partial charge in [-0.1, -0.05) is 96.5 Å². The first-order chi connectivity index (χ1) is 19.9. The molecule has 0 saturated heterocycles. The summed E-state index contributed by atoms with van der Waals surface area (Å²) in [7, 11) is 0. The van der Waals surface area contributed by atoms with E-state index in [-0.39, 0.29) is 6.71 Å². The molecule has 4 heteroatoms. The van der Waals surface area contributed by atoms with E-state index in [4.69, 9.17) is 4.42 Å². The first kappa shape index (κ1) is 20.7. The molecule has 2 aliphatic rings. The fourth-order valence-electron chi connectivity index (χ4n) is 7.45. The number of nitrogens with zero attached hydrogens (tertiary/aromatic N) is 2. The molecule has 6 aromatic carbocycles. The number of benzene rings is 6. The summed E-state index contributed by atoms with van der Waals surface area (Å²) >= 11 is 0. The largest absolute Gasteiger partial charge is 0.456 e. The molecule has 0 aliphatic carbocycles. The Morgan fingerprint density at radius 3 is 2.15 bits per heavy atom. The summed E-state index contributed by atoms with van der Waals surface area (Å²) in [6, 6.07) is 46.2. The molecule has 3 nitrogen and oxygen atoms in total. The topological polar surface area (TPSA) is 21.3 Å². The Hall–Kier alpha value is -5.22. The van der Waals surface area contributed by atoms with Gasteiger partial charge < -0.3 is 13.9 Å². The third kappa shape index (κ3) is 2.39. The summed E-state index contributed by atoms with van der Waals surface area (Å²) < 4.78 is 8.84. The monoisotopic (exact) mass is 508 g/mol. The van der Waals surface area contributed by atoms with Crippen molar-refractivity contribution in [2.75, 3.05) is 4.90 Å². The lowest BCUT2D eigenvalue weighted by molar-refractivity contribution is 0.669. The van der Waals surface area contributed by atoms with Gasteiger partial charge in [0.05, 0.1) is 28.1 Å². The molecule has 2 aromatic heterocycles. The lowest BCUT2D eigenvalue weighted by atomic mass is 9.35. The summed E-state index contributed by atoms with van der Waals surface area (Å²) in [5.41, 5.74) is 13.3. The quantitative estimate of drug-likeness (QED) is 0.217. The number of rotatable bonds is 1. The van der Waals surface area contributed by atoms with Gasteiger partial charge in [0.15, 0.2) is 0 Å². The van der Waals surface area contributed by atoms with Crippen molar-refractivity contribution < 1.29 is 4.42 Å². The first-order valence-corrected chi connectivity index (χ1v) is 13.8. The van der Waals surface area contributed by atoms with Crippen molar-refractivity contribution >= 4 is 83.9 Å². The zero-order valence-corrected chi connectivity index (χ0v) is 21.5. The number of hydrogen-bond acceptors (Lipinski definition) is 2. The van der Waals surface area contributed by atoms with Crippen LogP contribution in [-0.2, 0) is 0 Å². The van der Waals surface area contributed by atoms with E-state index in [0.717, 1.165) is 16.6 Å². The van der Waals surface area contributed by atoms with Crippen LogP contribution in [0.25, 0.3) is 49.4 Å². The molecular weight excluding hydrogens is 487 g/mol. The summed E-state index contributed by atoms with van der Waals surface area (Å²) in [6.07, 6.45) is 0. The number of aromatic nitrogens is 1. The molecule has 0 radical (unpaired) electrons. The Morgan fingerprint density at radius 1 is 0.500 bits per heavy atom. The van der Waals surface area contributed by atoms with Crippen LogP contribution >= 0.6 is 0 Å². The highest BCUT2D eigenvalue weighted by atomic mass is 16.3. The van der Waals surface area contributed by atoms with Gasteiger partial charge in [-0.25, -0.2) is 0 Å². The normalized spacial score (nSPS) is 13.4. The highest BCUT2D eigenvalue weighted by Gasteiger charge is 2.40. The molecule has 0 atom stereocenters. The second kappa shape index (κ2) is 7.25. The van der Waals surface area contributed by atoms with E-state index in [1.807, 2.05) is 6.07 Å². The maximum Gasteiger partial charge on any atom is 0.246 e. The molecule has 2 aliphatic heterocycles. The van der Waals surface area contributed by atoms with Crippen molar-refractivity contribution in [2.24, 2.45) is 0 Å². The minimum Gasteiger partial charge on any atom is -0.456 e. The lowest BCUT2D eigenvalue weighted by Gasteiger charge is -2.41. The average Bonchev–Trinajstić information content (AvgIpc) is 3.56. The molecule has 8 aromatic rings. The number of fused-ring (bicyclic) bond motifs is 12. The molecular formula is C36H21BN2O. The Kier molecular flexibility index (Phi) is 3.75. The van der Waals surface area contributed by atoms with Crippen LogP contribution < -0.4 is 21.3 Å². The molecule has 0 N–H and O–H groups in total. The predicted octanol–water partition coefficient (Wildman–Crippen LogP) is 7.30. The van der Waals surface area contributed by atoms with Gasteiger partial charge >= 0.3 is 0 Å². The molecule has 0 saturated carbocycles. The first-order valence-electron chi connectivity index (χ1n) is 13.8. The molecule has 0 amide bonds. The van der Waals surface area contributed by atoms with Gasteiger partial charge in [-0.2, -0.15) is 0 Å². The predicted molar refractivity (Wildman–Crippen MR) is 167 cm³/mol. The van der Waals surface area contributed by atoms with Crippen LogP contribution in [0.5, 0.6) is 0 Å². The highest BCUT2D eigenvalue weighted by Crippen LogP contribution is 2.51. The smallest absolute Gasteiger partial charge is 0.246 e. The van der Waals surface area contributed by atoms with E-state index in [0.29, 0.717) is 0 Å². The number of furan rings is 1. The maximum atomic E-state index is 6.35. The van der Waals surface area contributed by atoms with Gasteiger partial charge in [-0.15, -0.1) is 0 Å². The molecule has 0 unspecified atom stereocenters. The second-order valence-electron chi connectivity index (χ2n) is 10.9. The summed E-state index contributed by atoms with van der Waals surface area (Å²) in [5, 5.41) is 4.87. The van der Waals surface area contributed by atoms with Gasteiger partial charge in [0.2, 0.25) is 6.71 Å². The van der Waals surface area contributed by atoms with Crippen LogP contribution in [-0.4, -0.2) is 11.3 Å². The Bertz CT molecular complexity index is 2350. The standard InChI is InChI=1S/C36H21BN2O/c1-2-10-22(11-3-1)37-25-13-5-6-14-27(25)38-28-15-7-8-16-29(28)39-30-20-21-32-34(23-12-4-9-17-31(23)40-32)33(30)24-18-19-26(37)36(38)35(24)39/h1-21H. The summed E-state index contributed by atoms with van der Waals surface area (Å²) in [5.74, 6) is 0. The van der Waals surface area contributed by atoms with Crippen LogP contribution in [0.2, 0.25) is 0 Å². The minimum atomic E-state index is 0.152. The average molecular weight is 508 g/mol. The van der Waals surface area contributed by atoms with E-state index in [9.17, 15) is 0 Å². The van der Waals surface area contributed by atoms with Gasteiger partial charge in [-0.05, 0) is 47.3 Å². The van der Waals surface area contributed by atoms with E-state index in [1.54, 1.807) is 0 Å². The molecule has 4 heterocycles. The summed E-state index contributed by atoms with van der Waals surface area (Å²) in [6.45, 7) is 0.152. The fraction of sp³-hybridized carbons (Fsp3) is 0. The van der Waals surface area contributed by atoms with Crippen LogP contribution in [0.3, 0.4) is 0 Å². The molecule has 0 fully saturated rings. The maximum absolute atomic E-state index is 6.35. The SMILES string of the molecule is c1ccc(B2c3ccccc3N3c4ccccc4-n4c5ccc6oc7ccccc7c6c5c5ccc2c3c54)cc1. The lowest BCUT2D eigenvalue weighted by Crippen LogP contribution is -2.57. The van der Waals surface area contributed by atoms with Crippen LogP contribution in [0.4, 0.5) is 17.1 Å². The number of hydrogen-bond donors (Lipinski definition) is 0. The Balaban J connectivity index is 1.45. The van der Waals surface area contributed by atoms with Crippen LogP contribution in [0.1, 0.15) is 0 Å². The van der Waals surface area contributed by atoms with Crippen LogP contribution in [0.15, 0.2) is 132 Å². The van der Waals surface area contributed by atoms with Crippen molar-refractivity contribution in [2.45, 2.75) is 0 Å². The van der Waals surface area contributed by atoms with Crippen molar-refractivity contribution in [3.05, 3.63) is 127 Å². The third-order valence-electron chi connectivity index (χ3n) is 8.96. The van der Waals surface area contributed by atoms with E-state index in [1.165, 1.54) is 66.3 Å². The number of anilines is 3. The zero-order chi connectivity index (χ0) is 25.9. The fourth-order valence-corrected chi connectivity index (χ4v) is 7.45. The highest BCUT2D eigenvalue weighted by molar-refractivity contribution is 6.98. The molecule has 40 heavy (non-hydrogen) atoms. The molecule has 0 bridgehead atoms. The Labute approximate surface area is 230 Å². The van der Waals surface area contributed by atoms with E-state index in [2.05, 4.69) is 131 Å². The molecule has 0 spiro atoms. The number of para-hydroxylation sites is 4. The van der Waals surface area contributed by atoms with Gasteiger partial charge in [-0.3, -0.25) is 0 Å². The van der Waals surface area contributed by atoms with Gasteiger partial charge in [0.1, 0.15) is 11.2 Å². The minimum absolute atomic E-state index is 0.152.